The standard InChI is InChI=1S/C22H23N3O3S/c26-20(23-13-16-7-2-1-3-8-16)15-29-22-24-19-11-5-4-10-18(19)21(27)25(22)14-17-9-6-12-28-17/h1-5,7-8,10-11,17H,6,9,12-15H2,(H,23,26)/t17-/m1/s1. The van der Waals surface area contributed by atoms with Crippen LogP contribution in [0.3, 0.4) is 0 Å². The SMILES string of the molecule is O=C(CSc1nc2ccccc2c(=O)n1C[C@H]1CCCO1)NCc1ccccc1. The first-order valence-corrected chi connectivity index (χ1v) is 10.7. The van der Waals surface area contributed by atoms with E-state index in [1.165, 1.54) is 11.8 Å². The summed E-state index contributed by atoms with van der Waals surface area (Å²) >= 11 is 1.29. The molecule has 1 amide bonds. The molecule has 3 aromatic rings. The summed E-state index contributed by atoms with van der Waals surface area (Å²) in [6.45, 7) is 1.67. The fraction of sp³-hybridized carbons (Fsp3) is 0.318. The third-order valence-corrected chi connectivity index (χ3v) is 5.88. The van der Waals surface area contributed by atoms with Crippen LogP contribution in [0.2, 0.25) is 0 Å². The number of nitrogens with one attached hydrogen (secondary N) is 1. The molecule has 1 aliphatic rings. The predicted octanol–water partition coefficient (Wildman–Crippen LogP) is 2.98. The van der Waals surface area contributed by atoms with Crippen LogP contribution >= 0.6 is 11.8 Å². The lowest BCUT2D eigenvalue weighted by atomic mass is 10.2. The van der Waals surface area contributed by atoms with Gasteiger partial charge < -0.3 is 10.1 Å². The Morgan fingerprint density at radius 3 is 2.76 bits per heavy atom. The van der Waals surface area contributed by atoms with Crippen molar-refractivity contribution in [2.75, 3.05) is 12.4 Å². The van der Waals surface area contributed by atoms with Gasteiger partial charge in [-0.2, -0.15) is 0 Å². The maximum absolute atomic E-state index is 13.0. The molecule has 1 atom stereocenters. The lowest BCUT2D eigenvalue weighted by molar-refractivity contribution is -0.118. The van der Waals surface area contributed by atoms with Gasteiger partial charge in [0.2, 0.25) is 5.91 Å². The summed E-state index contributed by atoms with van der Waals surface area (Å²) in [4.78, 5) is 30.0. The summed E-state index contributed by atoms with van der Waals surface area (Å²) in [5.41, 5.74) is 1.61. The quantitative estimate of drug-likeness (QED) is 0.480. The van der Waals surface area contributed by atoms with Gasteiger partial charge in [0.15, 0.2) is 5.16 Å². The van der Waals surface area contributed by atoms with Gasteiger partial charge in [0.05, 0.1) is 29.3 Å². The van der Waals surface area contributed by atoms with E-state index >= 15 is 0 Å². The molecule has 29 heavy (non-hydrogen) atoms. The van der Waals surface area contributed by atoms with E-state index in [1.807, 2.05) is 48.5 Å². The second-order valence-electron chi connectivity index (χ2n) is 7.01. The summed E-state index contributed by atoms with van der Waals surface area (Å²) in [6.07, 6.45) is 1.95. The van der Waals surface area contributed by atoms with Crippen molar-refractivity contribution in [3.8, 4) is 0 Å². The van der Waals surface area contributed by atoms with Gasteiger partial charge in [-0.1, -0.05) is 54.2 Å². The number of amides is 1. The number of ether oxygens (including phenoxy) is 1. The average molecular weight is 410 g/mol. The maximum atomic E-state index is 13.0. The Balaban J connectivity index is 1.50. The first-order chi connectivity index (χ1) is 14.2. The molecular formula is C22H23N3O3S. The van der Waals surface area contributed by atoms with Gasteiger partial charge in [0, 0.05) is 13.2 Å². The van der Waals surface area contributed by atoms with Gasteiger partial charge in [-0.05, 0) is 30.5 Å². The molecule has 0 spiro atoms. The number of hydrogen-bond acceptors (Lipinski definition) is 5. The zero-order chi connectivity index (χ0) is 20.1. The number of thioether (sulfide) groups is 1. The van der Waals surface area contributed by atoms with Crippen LogP contribution < -0.4 is 10.9 Å². The molecule has 7 heteroatoms. The van der Waals surface area contributed by atoms with Crippen molar-refractivity contribution in [2.24, 2.45) is 0 Å². The Morgan fingerprint density at radius 1 is 1.17 bits per heavy atom. The maximum Gasteiger partial charge on any atom is 0.262 e. The van der Waals surface area contributed by atoms with Crippen LogP contribution in [0.15, 0.2) is 64.5 Å². The monoisotopic (exact) mass is 409 g/mol. The highest BCUT2D eigenvalue weighted by Gasteiger charge is 2.20. The molecule has 0 unspecified atom stereocenters. The molecule has 0 bridgehead atoms. The molecule has 0 aliphatic carbocycles. The molecule has 0 radical (unpaired) electrons. The topological polar surface area (TPSA) is 73.2 Å². The molecule has 150 valence electrons. The van der Waals surface area contributed by atoms with Crippen molar-refractivity contribution in [3.63, 3.8) is 0 Å². The van der Waals surface area contributed by atoms with Crippen LogP contribution in [-0.4, -0.2) is 33.9 Å². The number of hydrogen-bond donors (Lipinski definition) is 1. The molecule has 1 saturated heterocycles. The summed E-state index contributed by atoms with van der Waals surface area (Å²) in [6, 6.07) is 17.1. The van der Waals surface area contributed by atoms with Gasteiger partial charge in [0.25, 0.3) is 5.56 Å². The molecule has 0 saturated carbocycles. The number of fused-ring (bicyclic) bond motifs is 1. The molecule has 2 heterocycles. The van der Waals surface area contributed by atoms with Crippen molar-refractivity contribution in [1.29, 1.82) is 0 Å². The zero-order valence-electron chi connectivity index (χ0n) is 16.0. The predicted molar refractivity (Wildman–Crippen MR) is 114 cm³/mol. The van der Waals surface area contributed by atoms with Crippen molar-refractivity contribution < 1.29 is 9.53 Å². The number of rotatable bonds is 7. The lowest BCUT2D eigenvalue weighted by Gasteiger charge is -2.16. The summed E-state index contributed by atoms with van der Waals surface area (Å²) < 4.78 is 7.38. The van der Waals surface area contributed by atoms with Crippen molar-refractivity contribution in [2.45, 2.75) is 37.2 Å². The number of nitrogens with zero attached hydrogens (tertiary/aromatic N) is 2. The Kier molecular flexibility index (Phi) is 6.27. The smallest absolute Gasteiger partial charge is 0.262 e. The van der Waals surface area contributed by atoms with E-state index in [9.17, 15) is 9.59 Å². The van der Waals surface area contributed by atoms with Crippen LogP contribution in [0, 0.1) is 0 Å². The number of para-hydroxylation sites is 1. The Hall–Kier alpha value is -2.64. The van der Waals surface area contributed by atoms with Crippen molar-refractivity contribution in [3.05, 3.63) is 70.5 Å². The van der Waals surface area contributed by atoms with Gasteiger partial charge in [-0.25, -0.2) is 4.98 Å². The molecule has 1 aromatic heterocycles. The molecule has 1 N–H and O–H groups in total. The van der Waals surface area contributed by atoms with Gasteiger partial charge in [-0.3, -0.25) is 14.2 Å². The highest BCUT2D eigenvalue weighted by Crippen LogP contribution is 2.21. The highest BCUT2D eigenvalue weighted by molar-refractivity contribution is 7.99. The van der Waals surface area contributed by atoms with E-state index in [1.54, 1.807) is 10.6 Å². The Morgan fingerprint density at radius 2 is 1.97 bits per heavy atom. The summed E-state index contributed by atoms with van der Waals surface area (Å²) in [7, 11) is 0. The number of aromatic nitrogens is 2. The minimum absolute atomic E-state index is 0.0157. The minimum atomic E-state index is -0.0927. The molecule has 1 fully saturated rings. The van der Waals surface area contributed by atoms with Crippen LogP contribution in [-0.2, 0) is 22.6 Å². The van der Waals surface area contributed by atoms with Gasteiger partial charge in [0.1, 0.15) is 0 Å². The third-order valence-electron chi connectivity index (χ3n) is 4.90. The summed E-state index contributed by atoms with van der Waals surface area (Å²) in [5.74, 6) is 0.105. The largest absolute Gasteiger partial charge is 0.376 e. The van der Waals surface area contributed by atoms with Crippen LogP contribution in [0.4, 0.5) is 0 Å². The van der Waals surface area contributed by atoms with Crippen molar-refractivity contribution in [1.82, 2.24) is 14.9 Å². The van der Waals surface area contributed by atoms with Gasteiger partial charge >= 0.3 is 0 Å². The first-order valence-electron chi connectivity index (χ1n) is 9.75. The first kappa shape index (κ1) is 19.7. The van der Waals surface area contributed by atoms with E-state index < -0.39 is 0 Å². The van der Waals surface area contributed by atoms with Crippen LogP contribution in [0.1, 0.15) is 18.4 Å². The normalized spacial score (nSPS) is 16.2. The minimum Gasteiger partial charge on any atom is -0.376 e. The van der Waals surface area contributed by atoms with E-state index in [2.05, 4.69) is 10.3 Å². The molecular weight excluding hydrogens is 386 g/mol. The third kappa shape index (κ3) is 4.86. The molecule has 1 aliphatic heterocycles. The Bertz CT molecular complexity index is 1050. The van der Waals surface area contributed by atoms with E-state index in [0.29, 0.717) is 29.1 Å². The second-order valence-corrected chi connectivity index (χ2v) is 7.96. The molecule has 4 rings (SSSR count). The van der Waals surface area contributed by atoms with Gasteiger partial charge in [-0.15, -0.1) is 0 Å². The van der Waals surface area contributed by atoms with E-state index in [-0.39, 0.29) is 23.3 Å². The fourth-order valence-corrected chi connectivity index (χ4v) is 4.23. The van der Waals surface area contributed by atoms with Crippen molar-refractivity contribution >= 4 is 28.6 Å². The molecule has 6 nitrogen and oxygen atoms in total. The van der Waals surface area contributed by atoms with Crippen LogP contribution in [0.25, 0.3) is 10.9 Å². The lowest BCUT2D eigenvalue weighted by Crippen LogP contribution is -2.30. The highest BCUT2D eigenvalue weighted by atomic mass is 32.2. The molecule has 2 aromatic carbocycles. The summed E-state index contributed by atoms with van der Waals surface area (Å²) in [5, 5.41) is 4.06. The average Bonchev–Trinajstić information content (AvgIpc) is 3.27. The number of carbonyl (C=O) groups is 1. The fourth-order valence-electron chi connectivity index (χ4n) is 3.39. The van der Waals surface area contributed by atoms with E-state index in [0.717, 1.165) is 25.0 Å². The number of benzene rings is 2. The van der Waals surface area contributed by atoms with E-state index in [4.69, 9.17) is 4.74 Å². The van der Waals surface area contributed by atoms with Crippen LogP contribution in [0.5, 0.6) is 0 Å². The number of carbonyl (C=O) groups excluding carboxylic acids is 1. The second kappa shape index (κ2) is 9.24. The Labute approximate surface area is 173 Å². The zero-order valence-corrected chi connectivity index (χ0v) is 16.9.